The van der Waals surface area contributed by atoms with Crippen LogP contribution >= 0.6 is 0 Å². The summed E-state index contributed by atoms with van der Waals surface area (Å²) in [7, 11) is 0. The summed E-state index contributed by atoms with van der Waals surface area (Å²) in [4.78, 5) is 13.7. The Hall–Kier alpha value is -4.21. The lowest BCUT2D eigenvalue weighted by atomic mass is 9.90. The van der Waals surface area contributed by atoms with E-state index in [0.29, 0.717) is 13.2 Å². The molecule has 0 aliphatic heterocycles. The topological polar surface area (TPSA) is 38.3 Å². The van der Waals surface area contributed by atoms with Crippen LogP contribution in [-0.4, -0.2) is 12.5 Å². The van der Waals surface area contributed by atoms with E-state index in [1.54, 1.807) is 0 Å². The van der Waals surface area contributed by atoms with Gasteiger partial charge in [0.25, 0.3) is 0 Å². The lowest BCUT2D eigenvalue weighted by Gasteiger charge is -2.23. The average Bonchev–Trinajstić information content (AvgIpc) is 2.95. The average molecular weight is 472 g/mol. The number of amides is 1. The van der Waals surface area contributed by atoms with Crippen molar-refractivity contribution in [2.75, 3.05) is 6.54 Å². The van der Waals surface area contributed by atoms with Crippen LogP contribution in [0.3, 0.4) is 0 Å². The van der Waals surface area contributed by atoms with Gasteiger partial charge in [-0.25, -0.2) is 0 Å². The van der Waals surface area contributed by atoms with Crippen LogP contribution in [0.25, 0.3) is 10.8 Å². The van der Waals surface area contributed by atoms with Crippen molar-refractivity contribution in [1.82, 2.24) is 5.32 Å². The van der Waals surface area contributed by atoms with Gasteiger partial charge in [0.05, 0.1) is 12.5 Å². The largest absolute Gasteiger partial charge is 0.367 e. The van der Waals surface area contributed by atoms with E-state index in [-0.39, 0.29) is 12.0 Å². The molecule has 0 aromatic heterocycles. The normalized spacial score (nSPS) is 11.9. The van der Waals surface area contributed by atoms with Crippen molar-refractivity contribution in [3.63, 3.8) is 0 Å². The van der Waals surface area contributed by atoms with Crippen LogP contribution in [0.15, 0.2) is 133 Å². The van der Waals surface area contributed by atoms with E-state index in [4.69, 9.17) is 4.74 Å². The highest BCUT2D eigenvalue weighted by Gasteiger charge is 2.24. The van der Waals surface area contributed by atoms with Gasteiger partial charge in [-0.3, -0.25) is 4.79 Å². The molecule has 1 atom stereocenters. The predicted molar refractivity (Wildman–Crippen MR) is 146 cm³/mol. The molecule has 0 saturated heterocycles. The van der Waals surface area contributed by atoms with Gasteiger partial charge in [-0.05, 0) is 33.0 Å². The predicted octanol–water partition coefficient (Wildman–Crippen LogP) is 7.05. The van der Waals surface area contributed by atoms with E-state index in [0.717, 1.165) is 33.0 Å². The minimum Gasteiger partial charge on any atom is -0.367 e. The smallest absolute Gasteiger partial charge is 0.232 e. The molecule has 0 radical (unpaired) electrons. The minimum atomic E-state index is -0.394. The Morgan fingerprint density at radius 1 is 0.639 bits per heavy atom. The van der Waals surface area contributed by atoms with Gasteiger partial charge in [0.2, 0.25) is 5.91 Å². The van der Waals surface area contributed by atoms with Crippen LogP contribution in [0.5, 0.6) is 0 Å². The number of hydrogen-bond acceptors (Lipinski definition) is 2. The Labute approximate surface area is 212 Å². The van der Waals surface area contributed by atoms with Gasteiger partial charge in [0, 0.05) is 6.54 Å². The molecule has 1 amide bonds. The molecular weight excluding hydrogens is 442 g/mol. The molecule has 0 bridgehead atoms. The molecule has 178 valence electrons. The second-order valence-corrected chi connectivity index (χ2v) is 8.85. The van der Waals surface area contributed by atoms with Crippen LogP contribution in [0.4, 0.5) is 0 Å². The van der Waals surface area contributed by atoms with E-state index in [2.05, 4.69) is 47.8 Å². The van der Waals surface area contributed by atoms with Crippen molar-refractivity contribution in [2.45, 2.75) is 18.6 Å². The molecule has 0 heterocycles. The van der Waals surface area contributed by atoms with Gasteiger partial charge in [-0.15, -0.1) is 0 Å². The van der Waals surface area contributed by atoms with Gasteiger partial charge in [-0.2, -0.15) is 0 Å². The fourth-order valence-electron chi connectivity index (χ4n) is 4.64. The first-order chi connectivity index (χ1) is 17.8. The molecular formula is C33H29NO2. The quantitative estimate of drug-likeness (QED) is 0.250. The molecule has 0 spiro atoms. The number of hydrogen-bond donors (Lipinski definition) is 1. The molecule has 5 rings (SSSR count). The van der Waals surface area contributed by atoms with E-state index >= 15 is 0 Å². The monoisotopic (exact) mass is 471 g/mol. The van der Waals surface area contributed by atoms with E-state index in [1.165, 1.54) is 0 Å². The molecule has 0 saturated carbocycles. The van der Waals surface area contributed by atoms with Crippen molar-refractivity contribution in [3.05, 3.63) is 156 Å². The standard InChI is InChI=1S/C33H29NO2/c35-33(32(27-16-6-2-7-17-27)28-18-8-3-9-19-28)34-23-31(36-24-25-13-4-1-5-14-25)30-22-12-20-26-15-10-11-21-29(26)30/h1-22,31-32H,23-24H2,(H,34,35). The zero-order valence-corrected chi connectivity index (χ0v) is 20.1. The number of carbonyl (C=O) groups excluding carboxylic acids is 1. The molecule has 1 N–H and O–H groups in total. The third-order valence-corrected chi connectivity index (χ3v) is 6.45. The summed E-state index contributed by atoms with van der Waals surface area (Å²) in [5.74, 6) is -0.435. The van der Waals surface area contributed by atoms with Crippen molar-refractivity contribution in [3.8, 4) is 0 Å². The van der Waals surface area contributed by atoms with Crippen molar-refractivity contribution < 1.29 is 9.53 Å². The molecule has 0 aliphatic carbocycles. The number of benzene rings is 5. The second-order valence-electron chi connectivity index (χ2n) is 8.85. The Morgan fingerprint density at radius 3 is 1.86 bits per heavy atom. The molecule has 3 nitrogen and oxygen atoms in total. The fourth-order valence-corrected chi connectivity index (χ4v) is 4.64. The highest BCUT2D eigenvalue weighted by Crippen LogP contribution is 2.29. The first kappa shape index (κ1) is 23.5. The zero-order valence-electron chi connectivity index (χ0n) is 20.1. The molecule has 0 aliphatic rings. The highest BCUT2D eigenvalue weighted by molar-refractivity contribution is 5.88. The van der Waals surface area contributed by atoms with Crippen LogP contribution < -0.4 is 5.32 Å². The SMILES string of the molecule is O=C(NCC(OCc1ccccc1)c1cccc2ccccc12)C(c1ccccc1)c1ccccc1. The summed E-state index contributed by atoms with van der Waals surface area (Å²) < 4.78 is 6.45. The first-order valence-corrected chi connectivity index (χ1v) is 12.3. The summed E-state index contributed by atoms with van der Waals surface area (Å²) in [5, 5.41) is 5.50. The number of rotatable bonds is 9. The maximum Gasteiger partial charge on any atom is 0.232 e. The Morgan fingerprint density at radius 2 is 1.19 bits per heavy atom. The lowest BCUT2D eigenvalue weighted by molar-refractivity contribution is -0.122. The molecule has 3 heteroatoms. The van der Waals surface area contributed by atoms with E-state index in [1.807, 2.05) is 91.0 Å². The van der Waals surface area contributed by atoms with Gasteiger partial charge in [-0.1, -0.05) is 133 Å². The maximum atomic E-state index is 13.7. The second kappa shape index (κ2) is 11.5. The maximum absolute atomic E-state index is 13.7. The van der Waals surface area contributed by atoms with Crippen LogP contribution in [-0.2, 0) is 16.1 Å². The third kappa shape index (κ3) is 5.54. The Balaban J connectivity index is 1.42. The Kier molecular flexibility index (Phi) is 7.50. The zero-order chi connectivity index (χ0) is 24.6. The first-order valence-electron chi connectivity index (χ1n) is 12.3. The summed E-state index contributed by atoms with van der Waals surface area (Å²) >= 11 is 0. The van der Waals surface area contributed by atoms with Crippen LogP contribution in [0.1, 0.15) is 34.3 Å². The Bertz CT molecular complexity index is 1360. The molecule has 5 aromatic rings. The summed E-state index contributed by atoms with van der Waals surface area (Å²) in [6.45, 7) is 0.835. The van der Waals surface area contributed by atoms with Gasteiger partial charge >= 0.3 is 0 Å². The summed E-state index contributed by atoms with van der Waals surface area (Å²) in [6.07, 6.45) is -0.299. The van der Waals surface area contributed by atoms with E-state index in [9.17, 15) is 4.79 Å². The number of nitrogens with one attached hydrogen (secondary N) is 1. The van der Waals surface area contributed by atoms with Crippen molar-refractivity contribution >= 4 is 16.7 Å². The highest BCUT2D eigenvalue weighted by atomic mass is 16.5. The fraction of sp³-hybridized carbons (Fsp3) is 0.121. The van der Waals surface area contributed by atoms with Gasteiger partial charge in [0.1, 0.15) is 6.10 Å². The van der Waals surface area contributed by atoms with Crippen molar-refractivity contribution in [2.24, 2.45) is 0 Å². The van der Waals surface area contributed by atoms with E-state index < -0.39 is 5.92 Å². The van der Waals surface area contributed by atoms with Gasteiger partial charge in [0.15, 0.2) is 0 Å². The van der Waals surface area contributed by atoms with Crippen LogP contribution in [0.2, 0.25) is 0 Å². The lowest BCUT2D eigenvalue weighted by Crippen LogP contribution is -2.34. The van der Waals surface area contributed by atoms with Gasteiger partial charge < -0.3 is 10.1 Å². The third-order valence-electron chi connectivity index (χ3n) is 6.45. The molecule has 5 aromatic carbocycles. The minimum absolute atomic E-state index is 0.0408. The number of fused-ring (bicyclic) bond motifs is 1. The molecule has 36 heavy (non-hydrogen) atoms. The summed E-state index contributed by atoms with van der Waals surface area (Å²) in [5.41, 5.74) is 4.10. The number of ether oxygens (including phenoxy) is 1. The molecule has 1 unspecified atom stereocenters. The number of carbonyl (C=O) groups is 1. The van der Waals surface area contributed by atoms with Crippen LogP contribution in [0, 0.1) is 0 Å². The summed E-state index contributed by atoms with van der Waals surface area (Å²) in [6, 6.07) is 44.5. The van der Waals surface area contributed by atoms with Crippen molar-refractivity contribution in [1.29, 1.82) is 0 Å². The molecule has 0 fully saturated rings.